The van der Waals surface area contributed by atoms with E-state index in [4.69, 9.17) is 0 Å². The molecule has 0 spiro atoms. The molecular formula is C13H26N2O2. The Kier molecular flexibility index (Phi) is 5.40. The normalized spacial score (nSPS) is 24.9. The highest BCUT2D eigenvalue weighted by Crippen LogP contribution is 2.25. The second-order valence-corrected chi connectivity index (χ2v) is 5.22. The smallest absolute Gasteiger partial charge is 0.224 e. The predicted octanol–water partition coefficient (Wildman–Crippen LogP) is 0.899. The number of carbonyl (C=O) groups excluding carboxylic acids is 1. The molecule has 0 aromatic heterocycles. The van der Waals surface area contributed by atoms with Crippen molar-refractivity contribution in [2.45, 2.75) is 46.1 Å². The van der Waals surface area contributed by atoms with Crippen molar-refractivity contribution in [3.63, 3.8) is 0 Å². The molecule has 4 nitrogen and oxygen atoms in total. The van der Waals surface area contributed by atoms with Crippen LogP contribution in [0, 0.1) is 11.3 Å². The summed E-state index contributed by atoms with van der Waals surface area (Å²) < 4.78 is 0. The maximum atomic E-state index is 12.0. The van der Waals surface area contributed by atoms with Crippen molar-refractivity contribution in [2.24, 2.45) is 11.3 Å². The average Bonchev–Trinajstić information content (AvgIpc) is 2.78. The highest BCUT2D eigenvalue weighted by Gasteiger charge is 2.31. The summed E-state index contributed by atoms with van der Waals surface area (Å²) in [6.07, 6.45) is 2.69. The third-order valence-electron chi connectivity index (χ3n) is 4.34. The van der Waals surface area contributed by atoms with Crippen molar-refractivity contribution in [2.75, 3.05) is 19.7 Å². The van der Waals surface area contributed by atoms with E-state index in [0.717, 1.165) is 25.8 Å². The number of aliphatic hydroxyl groups excluding tert-OH is 1. The van der Waals surface area contributed by atoms with Gasteiger partial charge in [0.15, 0.2) is 0 Å². The van der Waals surface area contributed by atoms with Gasteiger partial charge in [-0.2, -0.15) is 0 Å². The van der Waals surface area contributed by atoms with Gasteiger partial charge >= 0.3 is 0 Å². The standard InChI is InChI=1S/C13H26N2O2/c1-4-13(5-2,9-16)8-15-12(17)11-6-7-14-10(11)3/h10-11,14,16H,4-9H2,1-3H3,(H,15,17). The Balaban J connectivity index is 2.46. The van der Waals surface area contributed by atoms with Crippen LogP contribution in [0.4, 0.5) is 0 Å². The van der Waals surface area contributed by atoms with Gasteiger partial charge in [-0.1, -0.05) is 13.8 Å². The molecule has 1 aliphatic heterocycles. The lowest BCUT2D eigenvalue weighted by molar-refractivity contribution is -0.125. The van der Waals surface area contributed by atoms with E-state index in [-0.39, 0.29) is 29.9 Å². The van der Waals surface area contributed by atoms with Crippen LogP contribution in [0.2, 0.25) is 0 Å². The first-order valence-electron chi connectivity index (χ1n) is 6.70. The maximum Gasteiger partial charge on any atom is 0.224 e. The van der Waals surface area contributed by atoms with Crippen LogP contribution in [-0.2, 0) is 4.79 Å². The summed E-state index contributed by atoms with van der Waals surface area (Å²) in [5.74, 6) is 0.210. The number of nitrogens with one attached hydrogen (secondary N) is 2. The molecular weight excluding hydrogens is 216 g/mol. The summed E-state index contributed by atoms with van der Waals surface area (Å²) >= 11 is 0. The van der Waals surface area contributed by atoms with Crippen LogP contribution in [0.5, 0.6) is 0 Å². The van der Waals surface area contributed by atoms with Crippen LogP contribution in [0.3, 0.4) is 0 Å². The molecule has 0 radical (unpaired) electrons. The van der Waals surface area contributed by atoms with Crippen LogP contribution >= 0.6 is 0 Å². The van der Waals surface area contributed by atoms with E-state index in [9.17, 15) is 9.90 Å². The van der Waals surface area contributed by atoms with E-state index in [1.807, 2.05) is 0 Å². The largest absolute Gasteiger partial charge is 0.396 e. The molecule has 0 bridgehead atoms. The number of rotatable bonds is 6. The first kappa shape index (κ1) is 14.5. The molecule has 1 amide bonds. The van der Waals surface area contributed by atoms with Gasteiger partial charge in [0.05, 0.1) is 12.5 Å². The number of amides is 1. The van der Waals surface area contributed by atoms with Crippen LogP contribution < -0.4 is 10.6 Å². The van der Waals surface area contributed by atoms with Gasteiger partial charge in [0, 0.05) is 18.0 Å². The zero-order chi connectivity index (χ0) is 12.9. The lowest BCUT2D eigenvalue weighted by Gasteiger charge is -2.30. The van der Waals surface area contributed by atoms with Crippen molar-refractivity contribution in [3.8, 4) is 0 Å². The van der Waals surface area contributed by atoms with E-state index in [1.54, 1.807) is 0 Å². The van der Waals surface area contributed by atoms with Gasteiger partial charge in [0.25, 0.3) is 0 Å². The summed E-state index contributed by atoms with van der Waals surface area (Å²) in [6.45, 7) is 7.82. The van der Waals surface area contributed by atoms with Gasteiger partial charge in [0.2, 0.25) is 5.91 Å². The monoisotopic (exact) mass is 242 g/mol. The first-order valence-corrected chi connectivity index (χ1v) is 6.70. The maximum absolute atomic E-state index is 12.0. The molecule has 1 aliphatic rings. The Bertz CT molecular complexity index is 244. The van der Waals surface area contributed by atoms with E-state index in [1.165, 1.54) is 0 Å². The molecule has 100 valence electrons. The van der Waals surface area contributed by atoms with Crippen LogP contribution in [0.15, 0.2) is 0 Å². The van der Waals surface area contributed by atoms with Crippen molar-refractivity contribution in [1.82, 2.24) is 10.6 Å². The van der Waals surface area contributed by atoms with Crippen LogP contribution in [0.1, 0.15) is 40.0 Å². The second-order valence-electron chi connectivity index (χ2n) is 5.22. The molecule has 0 aliphatic carbocycles. The molecule has 3 N–H and O–H groups in total. The van der Waals surface area contributed by atoms with Gasteiger partial charge in [0.1, 0.15) is 0 Å². The second kappa shape index (κ2) is 6.36. The molecule has 17 heavy (non-hydrogen) atoms. The molecule has 2 unspecified atom stereocenters. The van der Waals surface area contributed by atoms with Gasteiger partial charge in [-0.3, -0.25) is 4.79 Å². The Morgan fingerprint density at radius 2 is 2.12 bits per heavy atom. The third kappa shape index (κ3) is 3.42. The number of aliphatic hydroxyl groups is 1. The fraction of sp³-hybridized carbons (Fsp3) is 0.923. The molecule has 0 aromatic carbocycles. The van der Waals surface area contributed by atoms with Gasteiger partial charge in [-0.15, -0.1) is 0 Å². The quantitative estimate of drug-likeness (QED) is 0.648. The minimum atomic E-state index is -0.148. The molecule has 1 fully saturated rings. The zero-order valence-corrected chi connectivity index (χ0v) is 11.3. The fourth-order valence-electron chi connectivity index (χ4n) is 2.40. The third-order valence-corrected chi connectivity index (χ3v) is 4.34. The SMILES string of the molecule is CCC(CC)(CO)CNC(=O)C1CCNC1C. The number of hydrogen-bond acceptors (Lipinski definition) is 3. The number of carbonyl (C=O) groups is 1. The summed E-state index contributed by atoms with van der Waals surface area (Å²) in [5, 5.41) is 15.7. The number of hydrogen-bond donors (Lipinski definition) is 3. The van der Waals surface area contributed by atoms with Crippen LogP contribution in [-0.4, -0.2) is 36.8 Å². The first-order chi connectivity index (χ1) is 8.08. The fourth-order valence-corrected chi connectivity index (χ4v) is 2.40. The summed E-state index contributed by atoms with van der Waals surface area (Å²) in [7, 11) is 0. The van der Waals surface area contributed by atoms with Crippen LogP contribution in [0.25, 0.3) is 0 Å². The van der Waals surface area contributed by atoms with Crippen molar-refractivity contribution >= 4 is 5.91 Å². The Morgan fingerprint density at radius 1 is 1.47 bits per heavy atom. The summed E-state index contributed by atoms with van der Waals surface area (Å²) in [5.41, 5.74) is -0.148. The van der Waals surface area contributed by atoms with E-state index >= 15 is 0 Å². The highest BCUT2D eigenvalue weighted by molar-refractivity contribution is 5.79. The molecule has 0 saturated carbocycles. The van der Waals surface area contributed by atoms with Crippen molar-refractivity contribution < 1.29 is 9.90 Å². The molecule has 1 saturated heterocycles. The Hall–Kier alpha value is -0.610. The zero-order valence-electron chi connectivity index (χ0n) is 11.3. The summed E-state index contributed by atoms with van der Waals surface area (Å²) in [4.78, 5) is 12.0. The van der Waals surface area contributed by atoms with Gasteiger partial charge in [-0.05, 0) is 32.7 Å². The molecule has 4 heteroatoms. The lowest BCUT2D eigenvalue weighted by Crippen LogP contribution is -2.43. The Morgan fingerprint density at radius 3 is 2.53 bits per heavy atom. The molecule has 1 rings (SSSR count). The topological polar surface area (TPSA) is 61.4 Å². The Labute approximate surface area is 104 Å². The van der Waals surface area contributed by atoms with Crippen molar-refractivity contribution in [3.05, 3.63) is 0 Å². The minimum absolute atomic E-state index is 0.0834. The summed E-state index contributed by atoms with van der Waals surface area (Å²) in [6, 6.07) is 0.266. The van der Waals surface area contributed by atoms with Gasteiger partial charge in [-0.25, -0.2) is 0 Å². The molecule has 0 aromatic rings. The minimum Gasteiger partial charge on any atom is -0.396 e. The van der Waals surface area contributed by atoms with E-state index < -0.39 is 0 Å². The average molecular weight is 242 g/mol. The van der Waals surface area contributed by atoms with E-state index in [0.29, 0.717) is 6.54 Å². The van der Waals surface area contributed by atoms with Crippen molar-refractivity contribution in [1.29, 1.82) is 0 Å². The van der Waals surface area contributed by atoms with Gasteiger partial charge < -0.3 is 15.7 Å². The predicted molar refractivity (Wildman–Crippen MR) is 68.7 cm³/mol. The lowest BCUT2D eigenvalue weighted by atomic mass is 9.83. The highest BCUT2D eigenvalue weighted by atomic mass is 16.3. The molecule has 2 atom stereocenters. The van der Waals surface area contributed by atoms with E-state index in [2.05, 4.69) is 31.4 Å². The molecule has 1 heterocycles.